The zero-order valence-corrected chi connectivity index (χ0v) is 12.9. The van der Waals surface area contributed by atoms with Crippen molar-refractivity contribution in [1.82, 2.24) is 15.4 Å². The summed E-state index contributed by atoms with van der Waals surface area (Å²) in [7, 11) is 0. The fraction of sp³-hybridized carbons (Fsp3) is 0.0526. The molecule has 0 bridgehead atoms. The van der Waals surface area contributed by atoms with Gasteiger partial charge < -0.3 is 9.97 Å². The van der Waals surface area contributed by atoms with E-state index in [2.05, 4.69) is 20.5 Å². The third-order valence-electron chi connectivity index (χ3n) is 3.97. The first-order chi connectivity index (χ1) is 11.8. The number of nitrogens with zero attached hydrogens (tertiary/aromatic N) is 1. The SMILES string of the molecule is O=C(Cc1c[nH]c2ccccc12)N/N=C/c1cc2ccccc2[nH]1. The smallest absolute Gasteiger partial charge is 0.244 e. The fourth-order valence-corrected chi connectivity index (χ4v) is 2.83. The number of hydrogen-bond donors (Lipinski definition) is 3. The lowest BCUT2D eigenvalue weighted by Gasteiger charge is -1.98. The molecule has 5 heteroatoms. The Morgan fingerprint density at radius 2 is 1.88 bits per heavy atom. The topological polar surface area (TPSA) is 73.0 Å². The van der Waals surface area contributed by atoms with Gasteiger partial charge >= 0.3 is 0 Å². The van der Waals surface area contributed by atoms with Crippen molar-refractivity contribution in [1.29, 1.82) is 0 Å². The molecular formula is C19H16N4O. The van der Waals surface area contributed by atoms with Crippen molar-refractivity contribution in [3.05, 3.63) is 72.1 Å². The molecule has 0 atom stereocenters. The van der Waals surface area contributed by atoms with Gasteiger partial charge in [0.1, 0.15) is 0 Å². The average Bonchev–Trinajstić information content (AvgIpc) is 3.19. The first-order valence-corrected chi connectivity index (χ1v) is 7.74. The summed E-state index contributed by atoms with van der Waals surface area (Å²) in [5.41, 5.74) is 6.46. The molecule has 2 aromatic carbocycles. The van der Waals surface area contributed by atoms with Gasteiger partial charge in [0.25, 0.3) is 0 Å². The normalized spacial score (nSPS) is 11.5. The maximum absolute atomic E-state index is 12.1. The first kappa shape index (κ1) is 14.3. The number of aromatic amines is 2. The first-order valence-electron chi connectivity index (χ1n) is 7.74. The van der Waals surface area contributed by atoms with Gasteiger partial charge in [0.05, 0.1) is 18.3 Å². The number of aromatic nitrogens is 2. The summed E-state index contributed by atoms with van der Waals surface area (Å²) >= 11 is 0. The molecule has 2 heterocycles. The molecule has 0 aliphatic heterocycles. The Kier molecular flexibility index (Phi) is 3.59. The number of benzene rings is 2. The zero-order valence-electron chi connectivity index (χ0n) is 12.9. The predicted octanol–water partition coefficient (Wildman–Crippen LogP) is 3.34. The number of rotatable bonds is 4. The van der Waals surface area contributed by atoms with E-state index in [1.165, 1.54) is 0 Å². The Morgan fingerprint density at radius 1 is 1.08 bits per heavy atom. The van der Waals surface area contributed by atoms with E-state index in [9.17, 15) is 4.79 Å². The number of hydrogen-bond acceptors (Lipinski definition) is 2. The third-order valence-corrected chi connectivity index (χ3v) is 3.97. The van der Waals surface area contributed by atoms with Gasteiger partial charge in [-0.1, -0.05) is 36.4 Å². The molecule has 0 spiro atoms. The van der Waals surface area contributed by atoms with Crippen molar-refractivity contribution in [2.75, 3.05) is 0 Å². The summed E-state index contributed by atoms with van der Waals surface area (Å²) in [6.07, 6.45) is 3.77. The Bertz CT molecular complexity index is 1010. The zero-order chi connectivity index (χ0) is 16.4. The Labute approximate surface area is 138 Å². The van der Waals surface area contributed by atoms with Crippen LogP contribution in [-0.2, 0) is 11.2 Å². The number of fused-ring (bicyclic) bond motifs is 2. The largest absolute Gasteiger partial charge is 0.361 e. The Balaban J connectivity index is 1.42. The fourth-order valence-electron chi connectivity index (χ4n) is 2.83. The summed E-state index contributed by atoms with van der Waals surface area (Å²) in [6, 6.07) is 17.9. The van der Waals surface area contributed by atoms with Crippen molar-refractivity contribution < 1.29 is 4.79 Å². The van der Waals surface area contributed by atoms with Crippen molar-refractivity contribution >= 4 is 33.9 Å². The number of H-pyrrole nitrogens is 2. The van der Waals surface area contributed by atoms with Crippen LogP contribution in [0, 0.1) is 0 Å². The molecule has 0 saturated heterocycles. The van der Waals surface area contributed by atoms with Crippen LogP contribution < -0.4 is 5.43 Å². The highest BCUT2D eigenvalue weighted by Crippen LogP contribution is 2.18. The van der Waals surface area contributed by atoms with E-state index in [0.29, 0.717) is 0 Å². The van der Waals surface area contributed by atoms with E-state index < -0.39 is 0 Å². The van der Waals surface area contributed by atoms with Crippen molar-refractivity contribution in [3.8, 4) is 0 Å². The summed E-state index contributed by atoms with van der Waals surface area (Å²) in [6.45, 7) is 0. The number of para-hydroxylation sites is 2. The van der Waals surface area contributed by atoms with Crippen LogP contribution in [0.25, 0.3) is 21.8 Å². The second-order valence-electron chi connectivity index (χ2n) is 5.64. The molecule has 1 amide bonds. The standard InChI is InChI=1S/C19H16N4O/c24-19(10-14-11-20-18-8-4-2-6-16(14)18)23-21-12-15-9-13-5-1-3-7-17(13)22-15/h1-9,11-12,20,22H,10H2,(H,23,24)/b21-12+. The van der Waals surface area contributed by atoms with Crippen molar-refractivity contribution in [2.45, 2.75) is 6.42 Å². The quantitative estimate of drug-likeness (QED) is 0.392. The highest BCUT2D eigenvalue weighted by molar-refractivity contribution is 5.91. The van der Waals surface area contributed by atoms with Gasteiger partial charge in [0, 0.05) is 28.0 Å². The van der Waals surface area contributed by atoms with E-state index in [4.69, 9.17) is 0 Å². The lowest BCUT2D eigenvalue weighted by molar-refractivity contribution is -0.120. The van der Waals surface area contributed by atoms with Gasteiger partial charge in [-0.3, -0.25) is 4.79 Å². The van der Waals surface area contributed by atoms with E-state index in [-0.39, 0.29) is 12.3 Å². The van der Waals surface area contributed by atoms with Crippen LogP contribution in [0.2, 0.25) is 0 Å². The molecule has 0 fully saturated rings. The van der Waals surface area contributed by atoms with E-state index in [1.807, 2.05) is 60.8 Å². The lowest BCUT2D eigenvalue weighted by atomic mass is 10.1. The van der Waals surface area contributed by atoms with E-state index in [1.54, 1.807) is 6.21 Å². The second kappa shape index (κ2) is 6.04. The van der Waals surface area contributed by atoms with Crippen LogP contribution in [0.1, 0.15) is 11.3 Å². The average molecular weight is 316 g/mol. The van der Waals surface area contributed by atoms with Gasteiger partial charge in [0.15, 0.2) is 0 Å². The van der Waals surface area contributed by atoms with Gasteiger partial charge in [-0.2, -0.15) is 5.10 Å². The number of amides is 1. The molecule has 0 radical (unpaired) electrons. The van der Waals surface area contributed by atoms with Crippen LogP contribution >= 0.6 is 0 Å². The number of carbonyl (C=O) groups excluding carboxylic acids is 1. The monoisotopic (exact) mass is 316 g/mol. The molecule has 118 valence electrons. The third kappa shape index (κ3) is 2.79. The molecule has 24 heavy (non-hydrogen) atoms. The van der Waals surface area contributed by atoms with E-state index in [0.717, 1.165) is 33.1 Å². The molecule has 0 aliphatic carbocycles. The summed E-state index contributed by atoms with van der Waals surface area (Å²) in [4.78, 5) is 18.5. The Hall–Kier alpha value is -3.34. The van der Waals surface area contributed by atoms with Crippen LogP contribution in [0.3, 0.4) is 0 Å². The van der Waals surface area contributed by atoms with Crippen LogP contribution in [0.15, 0.2) is 65.9 Å². The van der Waals surface area contributed by atoms with Gasteiger partial charge in [-0.05, 0) is 23.8 Å². The molecule has 0 saturated carbocycles. The molecule has 3 N–H and O–H groups in total. The van der Waals surface area contributed by atoms with Gasteiger partial charge in [-0.15, -0.1) is 0 Å². The van der Waals surface area contributed by atoms with E-state index >= 15 is 0 Å². The minimum Gasteiger partial charge on any atom is -0.361 e. The lowest BCUT2D eigenvalue weighted by Crippen LogP contribution is -2.19. The predicted molar refractivity (Wildman–Crippen MR) is 96.0 cm³/mol. The molecule has 2 aromatic heterocycles. The maximum atomic E-state index is 12.1. The van der Waals surface area contributed by atoms with Crippen molar-refractivity contribution in [3.63, 3.8) is 0 Å². The molecule has 4 aromatic rings. The second-order valence-corrected chi connectivity index (χ2v) is 5.64. The molecule has 0 aliphatic rings. The molecule has 5 nitrogen and oxygen atoms in total. The van der Waals surface area contributed by atoms with Crippen LogP contribution in [-0.4, -0.2) is 22.1 Å². The summed E-state index contributed by atoms with van der Waals surface area (Å²) < 4.78 is 0. The summed E-state index contributed by atoms with van der Waals surface area (Å²) in [5, 5.41) is 6.21. The molecular weight excluding hydrogens is 300 g/mol. The van der Waals surface area contributed by atoms with Crippen molar-refractivity contribution in [2.24, 2.45) is 5.10 Å². The summed E-state index contributed by atoms with van der Waals surface area (Å²) in [5.74, 6) is -0.146. The highest BCUT2D eigenvalue weighted by atomic mass is 16.2. The van der Waals surface area contributed by atoms with Gasteiger partial charge in [0.2, 0.25) is 5.91 Å². The number of carbonyl (C=O) groups is 1. The van der Waals surface area contributed by atoms with Gasteiger partial charge in [-0.25, -0.2) is 5.43 Å². The number of hydrazone groups is 1. The molecule has 4 rings (SSSR count). The Morgan fingerprint density at radius 3 is 2.75 bits per heavy atom. The van der Waals surface area contributed by atoms with Crippen LogP contribution in [0.5, 0.6) is 0 Å². The molecule has 0 unspecified atom stereocenters. The minimum absolute atomic E-state index is 0.146. The van der Waals surface area contributed by atoms with Crippen LogP contribution in [0.4, 0.5) is 0 Å². The minimum atomic E-state index is -0.146. The maximum Gasteiger partial charge on any atom is 0.244 e. The highest BCUT2D eigenvalue weighted by Gasteiger charge is 2.07. The number of nitrogens with one attached hydrogen (secondary N) is 3.